The number of benzene rings is 2. The van der Waals surface area contributed by atoms with E-state index in [4.69, 9.17) is 32.4 Å². The second-order valence-electron chi connectivity index (χ2n) is 6.57. The maximum atomic E-state index is 13.2. The SMILES string of the molecule is CCN(CC)C(=O)COc1c(-c2ccc(C)cc2)oc2c(Cl)cc(Cl)cc2c1=O. The predicted octanol–water partition coefficient (Wildman–Crippen LogP) is 5.32. The van der Waals surface area contributed by atoms with Gasteiger partial charge in [-0.2, -0.15) is 0 Å². The van der Waals surface area contributed by atoms with Crippen LogP contribution in [0.2, 0.25) is 10.0 Å². The molecular weight excluding hydrogens is 413 g/mol. The zero-order valence-corrected chi connectivity index (χ0v) is 17.9. The molecule has 0 radical (unpaired) electrons. The fraction of sp³-hybridized carbons (Fsp3) is 0.273. The summed E-state index contributed by atoms with van der Waals surface area (Å²) in [6.45, 7) is 6.56. The zero-order chi connectivity index (χ0) is 21.1. The molecule has 152 valence electrons. The number of fused-ring (bicyclic) bond motifs is 1. The molecule has 3 aromatic rings. The van der Waals surface area contributed by atoms with Crippen LogP contribution in [0.5, 0.6) is 5.75 Å². The molecule has 0 N–H and O–H groups in total. The van der Waals surface area contributed by atoms with Crippen molar-refractivity contribution in [2.24, 2.45) is 0 Å². The van der Waals surface area contributed by atoms with Gasteiger partial charge in [-0.1, -0.05) is 53.0 Å². The number of hydrogen-bond acceptors (Lipinski definition) is 4. The summed E-state index contributed by atoms with van der Waals surface area (Å²) in [7, 11) is 0. The van der Waals surface area contributed by atoms with Crippen molar-refractivity contribution >= 4 is 40.1 Å². The van der Waals surface area contributed by atoms with Gasteiger partial charge >= 0.3 is 0 Å². The van der Waals surface area contributed by atoms with Gasteiger partial charge in [-0.3, -0.25) is 9.59 Å². The molecule has 1 amide bonds. The van der Waals surface area contributed by atoms with Crippen molar-refractivity contribution in [2.45, 2.75) is 20.8 Å². The molecule has 0 unspecified atom stereocenters. The maximum Gasteiger partial charge on any atom is 0.260 e. The van der Waals surface area contributed by atoms with E-state index in [1.54, 1.807) is 4.90 Å². The fourth-order valence-corrected chi connectivity index (χ4v) is 3.57. The Hall–Kier alpha value is -2.50. The van der Waals surface area contributed by atoms with Gasteiger partial charge in [-0.15, -0.1) is 0 Å². The number of carbonyl (C=O) groups is 1. The largest absolute Gasteiger partial charge is 0.476 e. The van der Waals surface area contributed by atoms with Crippen molar-refractivity contribution in [3.05, 3.63) is 62.2 Å². The van der Waals surface area contributed by atoms with Gasteiger partial charge < -0.3 is 14.1 Å². The number of likely N-dealkylation sites (N-methyl/N-ethyl adjacent to an activating group) is 1. The maximum absolute atomic E-state index is 13.2. The second kappa shape index (κ2) is 8.89. The molecule has 0 saturated heterocycles. The minimum Gasteiger partial charge on any atom is -0.476 e. The molecule has 1 aromatic heterocycles. The van der Waals surface area contributed by atoms with Crippen LogP contribution in [0.25, 0.3) is 22.3 Å². The van der Waals surface area contributed by atoms with Crippen LogP contribution in [-0.4, -0.2) is 30.5 Å². The van der Waals surface area contributed by atoms with E-state index in [2.05, 4.69) is 0 Å². The average molecular weight is 434 g/mol. The Bertz CT molecular complexity index is 1100. The van der Waals surface area contributed by atoms with E-state index in [1.807, 2.05) is 45.0 Å². The highest BCUT2D eigenvalue weighted by atomic mass is 35.5. The Kier molecular flexibility index (Phi) is 6.50. The molecule has 0 aliphatic rings. The van der Waals surface area contributed by atoms with Crippen molar-refractivity contribution in [1.29, 1.82) is 0 Å². The summed E-state index contributed by atoms with van der Waals surface area (Å²) < 4.78 is 11.7. The number of ether oxygens (including phenoxy) is 1. The van der Waals surface area contributed by atoms with Crippen molar-refractivity contribution in [2.75, 3.05) is 19.7 Å². The first kappa shape index (κ1) is 21.2. The molecule has 0 spiro atoms. The summed E-state index contributed by atoms with van der Waals surface area (Å²) in [5.41, 5.74) is 1.49. The normalized spacial score (nSPS) is 10.9. The van der Waals surface area contributed by atoms with Crippen molar-refractivity contribution in [3.8, 4) is 17.1 Å². The van der Waals surface area contributed by atoms with Crippen LogP contribution in [0.1, 0.15) is 19.4 Å². The van der Waals surface area contributed by atoms with E-state index in [-0.39, 0.29) is 40.0 Å². The number of nitrogens with zero attached hydrogens (tertiary/aromatic N) is 1. The van der Waals surface area contributed by atoms with Gasteiger partial charge in [0.2, 0.25) is 11.2 Å². The molecule has 0 atom stereocenters. The van der Waals surface area contributed by atoms with Crippen molar-refractivity contribution in [3.63, 3.8) is 0 Å². The molecule has 0 aliphatic heterocycles. The van der Waals surface area contributed by atoms with Gasteiger partial charge in [0, 0.05) is 23.7 Å². The smallest absolute Gasteiger partial charge is 0.260 e. The lowest BCUT2D eigenvalue weighted by molar-refractivity contribution is -0.132. The standard InChI is InChI=1S/C22H21Cl2NO4/c1-4-25(5-2)18(26)12-28-22-19(27)16-10-15(23)11-17(24)21(16)29-20(22)14-8-6-13(3)7-9-14/h6-11H,4-5,12H2,1-3H3. The lowest BCUT2D eigenvalue weighted by Crippen LogP contribution is -2.35. The highest BCUT2D eigenvalue weighted by molar-refractivity contribution is 6.38. The first-order valence-corrected chi connectivity index (χ1v) is 10.0. The molecule has 0 aliphatic carbocycles. The third-order valence-electron chi connectivity index (χ3n) is 4.64. The van der Waals surface area contributed by atoms with E-state index >= 15 is 0 Å². The molecule has 5 nitrogen and oxygen atoms in total. The number of hydrogen-bond donors (Lipinski definition) is 0. The van der Waals surface area contributed by atoms with Crippen LogP contribution in [-0.2, 0) is 4.79 Å². The molecule has 29 heavy (non-hydrogen) atoms. The third-order valence-corrected chi connectivity index (χ3v) is 5.14. The Labute approximate surface area is 178 Å². The van der Waals surface area contributed by atoms with Crippen LogP contribution < -0.4 is 10.2 Å². The molecule has 2 aromatic carbocycles. The minimum atomic E-state index is -0.432. The lowest BCUT2D eigenvalue weighted by atomic mass is 10.1. The molecular formula is C22H21Cl2NO4. The Balaban J connectivity index is 2.16. The quantitative estimate of drug-likeness (QED) is 0.527. The van der Waals surface area contributed by atoms with E-state index in [0.29, 0.717) is 23.7 Å². The second-order valence-corrected chi connectivity index (χ2v) is 7.42. The highest BCUT2D eigenvalue weighted by Gasteiger charge is 2.21. The molecule has 3 rings (SSSR count). The summed E-state index contributed by atoms with van der Waals surface area (Å²) in [6, 6.07) is 10.4. The Morgan fingerprint density at radius 1 is 1.10 bits per heavy atom. The first-order chi connectivity index (χ1) is 13.8. The van der Waals surface area contributed by atoms with Crippen LogP contribution in [0, 0.1) is 6.92 Å². The number of rotatable bonds is 6. The summed E-state index contributed by atoms with van der Waals surface area (Å²) in [6.07, 6.45) is 0. The third kappa shape index (κ3) is 4.41. The number of halogens is 2. The van der Waals surface area contributed by atoms with Crippen LogP contribution in [0.3, 0.4) is 0 Å². The van der Waals surface area contributed by atoms with E-state index < -0.39 is 5.43 Å². The molecule has 7 heteroatoms. The predicted molar refractivity (Wildman–Crippen MR) is 116 cm³/mol. The van der Waals surface area contributed by atoms with Crippen LogP contribution >= 0.6 is 23.2 Å². The molecule has 0 saturated carbocycles. The van der Waals surface area contributed by atoms with Crippen LogP contribution in [0.15, 0.2) is 45.6 Å². The minimum absolute atomic E-state index is 0.0415. The fourth-order valence-electron chi connectivity index (χ4n) is 3.03. The van der Waals surface area contributed by atoms with Gasteiger partial charge in [0.05, 0.1) is 10.4 Å². The number of amides is 1. The van der Waals surface area contributed by atoms with Gasteiger partial charge in [0.15, 0.2) is 18.0 Å². The van der Waals surface area contributed by atoms with Crippen molar-refractivity contribution < 1.29 is 13.9 Å². The lowest BCUT2D eigenvalue weighted by Gasteiger charge is -2.19. The van der Waals surface area contributed by atoms with Gasteiger partial charge in [0.1, 0.15) is 0 Å². The van der Waals surface area contributed by atoms with E-state index in [1.165, 1.54) is 12.1 Å². The summed E-state index contributed by atoms with van der Waals surface area (Å²) in [5, 5.41) is 0.732. The molecule has 0 fully saturated rings. The average Bonchev–Trinajstić information content (AvgIpc) is 2.69. The summed E-state index contributed by atoms with van der Waals surface area (Å²) >= 11 is 12.3. The Morgan fingerprint density at radius 2 is 1.76 bits per heavy atom. The van der Waals surface area contributed by atoms with Gasteiger partial charge in [-0.05, 0) is 32.9 Å². The number of aryl methyl sites for hydroxylation is 1. The first-order valence-electron chi connectivity index (χ1n) is 9.29. The molecule has 1 heterocycles. The summed E-state index contributed by atoms with van der Waals surface area (Å²) in [5.74, 6) is -0.0345. The van der Waals surface area contributed by atoms with E-state index in [0.717, 1.165) is 5.56 Å². The molecule has 0 bridgehead atoms. The highest BCUT2D eigenvalue weighted by Crippen LogP contribution is 2.35. The van der Waals surface area contributed by atoms with E-state index in [9.17, 15) is 9.59 Å². The zero-order valence-electron chi connectivity index (χ0n) is 16.4. The van der Waals surface area contributed by atoms with Gasteiger partial charge in [-0.25, -0.2) is 0 Å². The van der Waals surface area contributed by atoms with Crippen LogP contribution in [0.4, 0.5) is 0 Å². The Morgan fingerprint density at radius 3 is 2.38 bits per heavy atom. The topological polar surface area (TPSA) is 59.8 Å². The monoisotopic (exact) mass is 433 g/mol. The number of carbonyl (C=O) groups excluding carboxylic acids is 1. The van der Waals surface area contributed by atoms with Crippen molar-refractivity contribution in [1.82, 2.24) is 4.90 Å². The summed E-state index contributed by atoms with van der Waals surface area (Å²) in [4.78, 5) is 27.2. The van der Waals surface area contributed by atoms with Gasteiger partial charge in [0.25, 0.3) is 5.91 Å².